The van der Waals surface area contributed by atoms with Gasteiger partial charge < -0.3 is 25.0 Å². The molecule has 0 spiro atoms. The summed E-state index contributed by atoms with van der Waals surface area (Å²) < 4.78 is 11.6. The Bertz CT molecular complexity index is 839. The number of hydrogen-bond donors (Lipinski definition) is 1. The fraction of sp³-hybridized carbons (Fsp3) is 0.435. The molecule has 1 heterocycles. The number of primary amides is 1. The molecule has 2 amide bonds. The first kappa shape index (κ1) is 19.4. The van der Waals surface area contributed by atoms with Crippen LogP contribution in [0.2, 0.25) is 0 Å². The minimum Gasteiger partial charge on any atom is -0.493 e. The number of amides is 2. The number of ether oxygens (including phenoxy) is 2. The van der Waals surface area contributed by atoms with Crippen LogP contribution in [0.5, 0.6) is 11.5 Å². The van der Waals surface area contributed by atoms with E-state index in [4.69, 9.17) is 15.2 Å². The highest BCUT2D eigenvalue weighted by molar-refractivity contribution is 5.73. The van der Waals surface area contributed by atoms with E-state index in [-0.39, 0.29) is 18.2 Å². The van der Waals surface area contributed by atoms with Gasteiger partial charge in [0.25, 0.3) is 0 Å². The average molecular weight is 396 g/mol. The summed E-state index contributed by atoms with van der Waals surface area (Å²) in [6.45, 7) is 2.08. The molecule has 1 aliphatic carbocycles. The van der Waals surface area contributed by atoms with E-state index >= 15 is 0 Å². The quantitative estimate of drug-likeness (QED) is 0.814. The van der Waals surface area contributed by atoms with Crippen LogP contribution < -0.4 is 20.1 Å². The lowest BCUT2D eigenvalue weighted by molar-refractivity contribution is 0.116. The molecule has 29 heavy (non-hydrogen) atoms. The number of nitrogens with zero attached hydrogens (tertiary/aromatic N) is 2. The number of carbonyl (C=O) groups is 1. The van der Waals surface area contributed by atoms with Gasteiger partial charge >= 0.3 is 6.03 Å². The van der Waals surface area contributed by atoms with Crippen molar-refractivity contribution in [2.75, 3.05) is 31.6 Å². The molecule has 6 nitrogen and oxygen atoms in total. The van der Waals surface area contributed by atoms with Crippen molar-refractivity contribution in [3.63, 3.8) is 0 Å². The Kier molecular flexibility index (Phi) is 5.79. The van der Waals surface area contributed by atoms with Crippen molar-refractivity contribution in [2.45, 2.75) is 37.8 Å². The van der Waals surface area contributed by atoms with Gasteiger partial charge in [-0.25, -0.2) is 4.79 Å². The van der Waals surface area contributed by atoms with Crippen molar-refractivity contribution in [1.29, 1.82) is 0 Å². The van der Waals surface area contributed by atoms with Gasteiger partial charge in [0.2, 0.25) is 0 Å². The summed E-state index contributed by atoms with van der Waals surface area (Å²) in [6, 6.07) is 16.0. The largest absolute Gasteiger partial charge is 0.493 e. The smallest absolute Gasteiger partial charge is 0.315 e. The molecule has 4 rings (SSSR count). The van der Waals surface area contributed by atoms with Crippen molar-refractivity contribution in [1.82, 2.24) is 4.90 Å². The maximum atomic E-state index is 12.0. The number of carbonyl (C=O) groups excluding carboxylic acids is 1. The van der Waals surface area contributed by atoms with E-state index in [1.807, 2.05) is 24.3 Å². The molecule has 0 radical (unpaired) electrons. The third-order valence-electron chi connectivity index (χ3n) is 5.94. The van der Waals surface area contributed by atoms with Crippen molar-refractivity contribution in [3.05, 3.63) is 54.1 Å². The van der Waals surface area contributed by atoms with Gasteiger partial charge in [-0.1, -0.05) is 30.3 Å². The zero-order chi connectivity index (χ0) is 20.2. The van der Waals surface area contributed by atoms with Gasteiger partial charge in [-0.15, -0.1) is 0 Å². The number of anilines is 1. The predicted molar refractivity (Wildman–Crippen MR) is 114 cm³/mol. The number of rotatable bonds is 6. The molecule has 1 saturated heterocycles. The third kappa shape index (κ3) is 4.42. The number of hydrogen-bond acceptors (Lipinski definition) is 4. The molecule has 0 unspecified atom stereocenters. The molecular weight excluding hydrogens is 366 g/mol. The Morgan fingerprint density at radius 3 is 2.55 bits per heavy atom. The van der Waals surface area contributed by atoms with Gasteiger partial charge in [0.15, 0.2) is 11.5 Å². The Balaban J connectivity index is 1.53. The van der Waals surface area contributed by atoms with Crippen LogP contribution in [0.15, 0.2) is 48.5 Å². The maximum absolute atomic E-state index is 12.0. The molecule has 1 atom stereocenters. The zero-order valence-electron chi connectivity index (χ0n) is 16.9. The van der Waals surface area contributed by atoms with Crippen molar-refractivity contribution >= 4 is 11.7 Å². The molecule has 154 valence electrons. The minimum atomic E-state index is -0.352. The molecule has 2 aromatic carbocycles. The normalized spacial score (nSPS) is 19.6. The number of urea groups is 1. The summed E-state index contributed by atoms with van der Waals surface area (Å²) >= 11 is 0. The average Bonchev–Trinajstić information content (AvgIpc) is 2.71. The van der Waals surface area contributed by atoms with Gasteiger partial charge in [0.05, 0.1) is 19.3 Å². The predicted octanol–water partition coefficient (Wildman–Crippen LogP) is 3.44. The highest BCUT2D eigenvalue weighted by Crippen LogP contribution is 2.36. The fourth-order valence-corrected chi connectivity index (χ4v) is 4.06. The lowest BCUT2D eigenvalue weighted by Gasteiger charge is -2.42. The lowest BCUT2D eigenvalue weighted by atomic mass is 9.96. The van der Waals surface area contributed by atoms with E-state index in [2.05, 4.69) is 29.2 Å². The van der Waals surface area contributed by atoms with Gasteiger partial charge in [-0.05, 0) is 43.4 Å². The zero-order valence-corrected chi connectivity index (χ0v) is 16.9. The van der Waals surface area contributed by atoms with Crippen molar-refractivity contribution in [2.24, 2.45) is 5.73 Å². The molecule has 0 aromatic heterocycles. The van der Waals surface area contributed by atoms with Gasteiger partial charge in [0, 0.05) is 31.4 Å². The van der Waals surface area contributed by atoms with Crippen LogP contribution in [0, 0.1) is 0 Å². The van der Waals surface area contributed by atoms with Crippen LogP contribution in [-0.2, 0) is 6.42 Å². The van der Waals surface area contributed by atoms with E-state index in [0.29, 0.717) is 6.54 Å². The summed E-state index contributed by atoms with van der Waals surface area (Å²) in [5, 5.41) is 0. The van der Waals surface area contributed by atoms with Gasteiger partial charge in [-0.2, -0.15) is 0 Å². The van der Waals surface area contributed by atoms with E-state index in [1.54, 1.807) is 12.0 Å². The van der Waals surface area contributed by atoms with Gasteiger partial charge in [-0.3, -0.25) is 0 Å². The molecule has 2 aliphatic rings. The summed E-state index contributed by atoms with van der Waals surface area (Å²) in [5.74, 6) is 1.56. The number of nitrogens with two attached hydrogens (primary N) is 1. The molecule has 1 aliphatic heterocycles. The van der Waals surface area contributed by atoms with Crippen LogP contribution in [0.3, 0.4) is 0 Å². The number of piperazine rings is 1. The van der Waals surface area contributed by atoms with E-state index in [0.717, 1.165) is 49.5 Å². The Morgan fingerprint density at radius 2 is 1.90 bits per heavy atom. The van der Waals surface area contributed by atoms with Crippen LogP contribution in [0.4, 0.5) is 10.5 Å². The monoisotopic (exact) mass is 395 g/mol. The topological polar surface area (TPSA) is 68.0 Å². The maximum Gasteiger partial charge on any atom is 0.315 e. The third-order valence-corrected chi connectivity index (χ3v) is 5.94. The van der Waals surface area contributed by atoms with Gasteiger partial charge in [0.1, 0.15) is 0 Å². The Morgan fingerprint density at radius 1 is 1.10 bits per heavy atom. The van der Waals surface area contributed by atoms with Crippen LogP contribution in [0.25, 0.3) is 0 Å². The number of benzene rings is 2. The first-order valence-corrected chi connectivity index (χ1v) is 10.3. The van der Waals surface area contributed by atoms with Crippen molar-refractivity contribution in [3.8, 4) is 11.5 Å². The lowest BCUT2D eigenvalue weighted by Crippen LogP contribution is -2.57. The minimum absolute atomic E-state index is 0.0294. The van der Waals surface area contributed by atoms with E-state index in [9.17, 15) is 4.79 Å². The Hall–Kier alpha value is -2.89. The first-order chi connectivity index (χ1) is 14.1. The molecule has 2 fully saturated rings. The Labute approximate surface area is 172 Å². The molecular formula is C23H29N3O3. The fourth-order valence-electron chi connectivity index (χ4n) is 4.06. The molecule has 2 N–H and O–H groups in total. The molecule has 1 saturated carbocycles. The second-order valence-electron chi connectivity index (χ2n) is 7.83. The van der Waals surface area contributed by atoms with Crippen LogP contribution >= 0.6 is 0 Å². The van der Waals surface area contributed by atoms with Crippen molar-refractivity contribution < 1.29 is 14.3 Å². The second-order valence-corrected chi connectivity index (χ2v) is 7.83. The first-order valence-electron chi connectivity index (χ1n) is 10.3. The molecule has 2 aromatic rings. The summed E-state index contributed by atoms with van der Waals surface area (Å²) in [7, 11) is 1.67. The molecule has 6 heteroatoms. The van der Waals surface area contributed by atoms with Crippen LogP contribution in [-0.4, -0.2) is 49.8 Å². The molecule has 0 bridgehead atoms. The van der Waals surface area contributed by atoms with Crippen LogP contribution in [0.1, 0.15) is 24.8 Å². The highest BCUT2D eigenvalue weighted by atomic mass is 16.5. The highest BCUT2D eigenvalue weighted by Gasteiger charge is 2.30. The summed E-state index contributed by atoms with van der Waals surface area (Å²) in [6.07, 6.45) is 4.50. The number of methoxy groups -OCH3 is 1. The van der Waals surface area contributed by atoms with E-state index < -0.39 is 0 Å². The second kappa shape index (κ2) is 8.64. The summed E-state index contributed by atoms with van der Waals surface area (Å²) in [5.41, 5.74) is 7.95. The van der Waals surface area contributed by atoms with E-state index in [1.165, 1.54) is 12.0 Å². The standard InChI is InChI=1S/C23H29N3O3/c1-28-21-11-10-18(15-22(21)29-20-8-5-9-20)25-12-13-26(23(24)27)19(16-25)14-17-6-3-2-4-7-17/h2-4,6-7,10-11,15,19-20H,5,8-9,12-14,16H2,1H3,(H2,24,27)/t19-/m0/s1. The SMILES string of the molecule is COc1ccc(N2CCN(C(N)=O)[C@@H](Cc3ccccc3)C2)cc1OC1CCC1. The summed E-state index contributed by atoms with van der Waals surface area (Å²) in [4.78, 5) is 16.1.